The molecular weight excluding hydrogens is 897 g/mol. The number of hydrogen-bond acceptors (Lipinski definition) is 3. The zero-order chi connectivity index (χ0) is 47.6. The van der Waals surface area contributed by atoms with E-state index in [-0.39, 0.29) is 36.5 Å². The van der Waals surface area contributed by atoms with Gasteiger partial charge in [0.1, 0.15) is 5.58 Å². The zero-order valence-electron chi connectivity index (χ0n) is 42.9. The van der Waals surface area contributed by atoms with Crippen molar-refractivity contribution in [3.05, 3.63) is 156 Å². The summed E-state index contributed by atoms with van der Waals surface area (Å²) < 4.78 is 73.6. The third-order valence-corrected chi connectivity index (χ3v) is 11.3. The molecule has 303 valence electrons. The minimum absolute atomic E-state index is 0. The number of rotatable bonds is 5. The number of benzene rings is 5. The molecule has 0 bridgehead atoms. The SMILES string of the molecule is [2H]C([2H])(c1cnc(-c2[c-]ccc3c2oc2c4ccccc4ccc32)cc1C1([2H])C(C)(C)CCCC1(C)C)C(C)(C)C.[2H]C([2H])c1ccc(-c2[c-]cc(C([2H])([2H])[2H])c(-c3ccccc3)c2)nc1.[Ir]. The quantitative estimate of drug-likeness (QED) is 0.161. The predicted molar refractivity (Wildman–Crippen MR) is 244 cm³/mol. The topological polar surface area (TPSA) is 38.9 Å². The largest absolute Gasteiger partial charge is 0.500 e. The standard InChI is InChI=1S/C36H40NO.C19H16N.Ir/c1-34(2,3)21-24-22-37-30(20-29(24)33-35(4,5)18-11-19-36(33,6)7)28-15-10-14-26-27-17-16-23-12-8-9-13-25(23)31(27)38-32(26)28;1-14-8-11-19(20-13-14)17-10-9-15(2)18(12-17)16-6-4-3-5-7-16;/h8-10,12-14,16-17,20,22,33H,11,18-19,21H2,1-7H3;3-9,11-13H,1-2H3;/q2*-1;/i21D2,33D;1D2,2D3;. The molecule has 1 fully saturated rings. The van der Waals surface area contributed by atoms with Gasteiger partial charge in [-0.1, -0.05) is 163 Å². The van der Waals surface area contributed by atoms with Crippen LogP contribution in [0.3, 0.4) is 0 Å². The van der Waals surface area contributed by atoms with Gasteiger partial charge in [-0.15, -0.1) is 47.5 Å². The first kappa shape index (κ1) is 32.9. The number of aromatic nitrogens is 2. The molecule has 1 saturated carbocycles. The van der Waals surface area contributed by atoms with Crippen molar-refractivity contribution in [1.82, 2.24) is 9.97 Å². The summed E-state index contributed by atoms with van der Waals surface area (Å²) in [5, 5.41) is 4.22. The maximum atomic E-state index is 10.3. The van der Waals surface area contributed by atoms with Crippen LogP contribution in [0.2, 0.25) is 0 Å². The summed E-state index contributed by atoms with van der Waals surface area (Å²) in [5.41, 5.74) is 6.25. The Hall–Kier alpha value is -4.89. The summed E-state index contributed by atoms with van der Waals surface area (Å²) in [6.07, 6.45) is 4.37. The van der Waals surface area contributed by atoms with Gasteiger partial charge in [0, 0.05) is 54.2 Å². The van der Waals surface area contributed by atoms with E-state index in [1.54, 1.807) is 24.4 Å². The van der Waals surface area contributed by atoms with Crippen LogP contribution < -0.4 is 0 Å². The van der Waals surface area contributed by atoms with Gasteiger partial charge < -0.3 is 14.4 Å². The van der Waals surface area contributed by atoms with E-state index >= 15 is 0 Å². The van der Waals surface area contributed by atoms with E-state index in [9.17, 15) is 4.11 Å². The molecule has 8 aromatic rings. The molecule has 0 aliphatic heterocycles. The Kier molecular flexibility index (Phi) is 9.28. The van der Waals surface area contributed by atoms with Crippen LogP contribution in [0.15, 0.2) is 126 Å². The molecule has 5 aromatic carbocycles. The van der Waals surface area contributed by atoms with Crippen LogP contribution in [-0.4, -0.2) is 9.97 Å². The third kappa shape index (κ3) is 8.72. The van der Waals surface area contributed by atoms with Crippen molar-refractivity contribution < 1.29 is 35.5 Å². The number of furan rings is 1. The fourth-order valence-corrected chi connectivity index (χ4v) is 8.89. The molecule has 0 spiro atoms. The smallest absolute Gasteiger partial charge is 0.128 e. The molecule has 1 aliphatic carbocycles. The molecule has 3 nitrogen and oxygen atoms in total. The molecule has 0 unspecified atom stereocenters. The number of nitrogens with zero attached hydrogens (tertiary/aromatic N) is 2. The van der Waals surface area contributed by atoms with Gasteiger partial charge in [-0.3, -0.25) is 0 Å². The van der Waals surface area contributed by atoms with Gasteiger partial charge in [-0.05, 0) is 87.3 Å². The first-order valence-electron chi connectivity index (χ1n) is 24.3. The number of fused-ring (bicyclic) bond motifs is 5. The van der Waals surface area contributed by atoms with Crippen molar-refractivity contribution in [3.8, 4) is 33.6 Å². The molecule has 0 atom stereocenters. The Labute approximate surface area is 376 Å². The average Bonchev–Trinajstić information content (AvgIpc) is 3.67. The summed E-state index contributed by atoms with van der Waals surface area (Å²) in [6.45, 7) is 11.2. The Morgan fingerprint density at radius 3 is 2.24 bits per heavy atom. The molecule has 1 radical (unpaired) electrons. The van der Waals surface area contributed by atoms with Crippen molar-refractivity contribution in [2.45, 2.75) is 93.7 Å². The van der Waals surface area contributed by atoms with Crippen LogP contribution in [0.4, 0.5) is 0 Å². The van der Waals surface area contributed by atoms with Crippen LogP contribution in [0, 0.1) is 42.1 Å². The molecule has 0 amide bonds. The average molecular weight is 961 g/mol. The third-order valence-electron chi connectivity index (χ3n) is 11.3. The minimum atomic E-state index is -2.23. The second-order valence-electron chi connectivity index (χ2n) is 17.9. The van der Waals surface area contributed by atoms with Gasteiger partial charge in [0.15, 0.2) is 0 Å². The summed E-state index contributed by atoms with van der Waals surface area (Å²) >= 11 is 0. The van der Waals surface area contributed by atoms with Crippen LogP contribution in [0.1, 0.15) is 107 Å². The Morgan fingerprint density at radius 2 is 1.53 bits per heavy atom. The maximum Gasteiger partial charge on any atom is 0.128 e. The summed E-state index contributed by atoms with van der Waals surface area (Å²) in [6, 6.07) is 40.8. The zero-order valence-corrected chi connectivity index (χ0v) is 37.3. The molecule has 9 rings (SSSR count). The van der Waals surface area contributed by atoms with Gasteiger partial charge in [-0.2, -0.15) is 0 Å². The van der Waals surface area contributed by atoms with Crippen molar-refractivity contribution in [3.63, 3.8) is 0 Å². The van der Waals surface area contributed by atoms with E-state index in [1.807, 2.05) is 81.4 Å². The van der Waals surface area contributed by atoms with E-state index in [4.69, 9.17) is 16.3 Å². The summed E-state index contributed by atoms with van der Waals surface area (Å²) in [5.74, 6) is -1.04. The second-order valence-corrected chi connectivity index (χ2v) is 17.9. The molecular formula is C55H56IrN2O-2. The fourth-order valence-electron chi connectivity index (χ4n) is 8.89. The normalized spacial score (nSPS) is 18.2. The molecule has 3 heterocycles. The van der Waals surface area contributed by atoms with Gasteiger partial charge >= 0.3 is 0 Å². The second kappa shape index (κ2) is 16.6. The first-order valence-corrected chi connectivity index (χ1v) is 20.1. The van der Waals surface area contributed by atoms with Crippen LogP contribution in [0.25, 0.3) is 66.4 Å². The van der Waals surface area contributed by atoms with Gasteiger partial charge in [0.25, 0.3) is 0 Å². The van der Waals surface area contributed by atoms with Gasteiger partial charge in [-0.25, -0.2) is 0 Å². The van der Waals surface area contributed by atoms with E-state index in [1.165, 1.54) is 12.3 Å². The van der Waals surface area contributed by atoms with E-state index in [0.717, 1.165) is 63.1 Å². The maximum absolute atomic E-state index is 10.3. The van der Waals surface area contributed by atoms with E-state index in [2.05, 4.69) is 69.1 Å². The van der Waals surface area contributed by atoms with Crippen molar-refractivity contribution in [2.24, 2.45) is 16.2 Å². The Morgan fingerprint density at radius 1 is 0.797 bits per heavy atom. The van der Waals surface area contributed by atoms with Crippen LogP contribution in [-0.2, 0) is 26.5 Å². The first-order chi connectivity index (χ1) is 31.0. The van der Waals surface area contributed by atoms with Crippen molar-refractivity contribution in [2.75, 3.05) is 0 Å². The predicted octanol–water partition coefficient (Wildman–Crippen LogP) is 15.3. The fraction of sp³-hybridized carbons (Fsp3) is 0.309. The monoisotopic (exact) mass is 961 g/mol. The summed E-state index contributed by atoms with van der Waals surface area (Å²) in [4.78, 5) is 9.16. The number of hydrogen-bond donors (Lipinski definition) is 0. The van der Waals surface area contributed by atoms with E-state index in [0.29, 0.717) is 39.2 Å². The Bertz CT molecular complexity index is 3050. The van der Waals surface area contributed by atoms with Crippen molar-refractivity contribution >= 4 is 32.7 Å². The molecule has 3 aromatic heterocycles. The van der Waals surface area contributed by atoms with Gasteiger partial charge in [0.05, 0.1) is 5.58 Å². The van der Waals surface area contributed by atoms with Crippen LogP contribution in [0.5, 0.6) is 0 Å². The molecule has 0 saturated heterocycles. The van der Waals surface area contributed by atoms with E-state index < -0.39 is 31.4 Å². The molecule has 1 aliphatic rings. The van der Waals surface area contributed by atoms with Crippen LogP contribution >= 0.6 is 0 Å². The number of aryl methyl sites for hydroxylation is 2. The van der Waals surface area contributed by atoms with Gasteiger partial charge in [0.2, 0.25) is 0 Å². The summed E-state index contributed by atoms with van der Waals surface area (Å²) in [7, 11) is 0. The molecule has 59 heavy (non-hydrogen) atoms. The molecule has 4 heteroatoms. The van der Waals surface area contributed by atoms with Crippen molar-refractivity contribution in [1.29, 1.82) is 0 Å². The minimum Gasteiger partial charge on any atom is -0.500 e. The Balaban J connectivity index is 0.000000220. The molecule has 0 N–H and O–H groups in total. The number of pyridine rings is 2.